The summed E-state index contributed by atoms with van der Waals surface area (Å²) in [7, 11) is 0. The Labute approximate surface area is 110 Å². The van der Waals surface area contributed by atoms with Crippen LogP contribution in [0.2, 0.25) is 0 Å². The summed E-state index contributed by atoms with van der Waals surface area (Å²) in [6.45, 7) is 9.26. The maximum absolute atomic E-state index is 3.99. The molecule has 1 rings (SSSR count). The van der Waals surface area contributed by atoms with Crippen molar-refractivity contribution in [3.05, 3.63) is 42.0 Å². The van der Waals surface area contributed by atoms with Crippen LogP contribution in [-0.2, 0) is 0 Å². The lowest BCUT2D eigenvalue weighted by molar-refractivity contribution is 0.508. The molecule has 17 heavy (non-hydrogen) atoms. The highest BCUT2D eigenvalue weighted by Gasteiger charge is 2.13. The number of benzene rings is 1. The van der Waals surface area contributed by atoms with Crippen LogP contribution in [0.5, 0.6) is 0 Å². The standard InChI is InChI=1S/C15H23NS/c1-5-16-14(11-10-12(2)3)13-8-6-7-9-15(13)17-4/h6-9,14,16H,2,5,10-11H2,1,3-4H3. The van der Waals surface area contributed by atoms with E-state index < -0.39 is 0 Å². The zero-order valence-electron chi connectivity index (χ0n) is 11.1. The molecule has 2 heteroatoms. The zero-order valence-corrected chi connectivity index (χ0v) is 11.9. The highest BCUT2D eigenvalue weighted by atomic mass is 32.2. The second-order valence-corrected chi connectivity index (χ2v) is 5.20. The third kappa shape index (κ3) is 4.57. The van der Waals surface area contributed by atoms with Gasteiger partial charge in [-0.05, 0) is 44.2 Å². The van der Waals surface area contributed by atoms with E-state index in [0.717, 1.165) is 19.4 Å². The van der Waals surface area contributed by atoms with Crippen LogP contribution in [-0.4, -0.2) is 12.8 Å². The van der Waals surface area contributed by atoms with Crippen LogP contribution in [0.4, 0.5) is 0 Å². The summed E-state index contributed by atoms with van der Waals surface area (Å²) in [6, 6.07) is 9.11. The summed E-state index contributed by atoms with van der Waals surface area (Å²) in [4.78, 5) is 1.38. The van der Waals surface area contributed by atoms with E-state index >= 15 is 0 Å². The normalized spacial score (nSPS) is 12.4. The molecule has 0 spiro atoms. The first-order valence-electron chi connectivity index (χ1n) is 6.19. The quantitative estimate of drug-likeness (QED) is 0.567. The monoisotopic (exact) mass is 249 g/mol. The molecule has 1 N–H and O–H groups in total. The Morgan fingerprint density at radius 3 is 2.71 bits per heavy atom. The lowest BCUT2D eigenvalue weighted by Crippen LogP contribution is -2.21. The fraction of sp³-hybridized carbons (Fsp3) is 0.467. The van der Waals surface area contributed by atoms with Gasteiger partial charge in [-0.15, -0.1) is 18.3 Å². The van der Waals surface area contributed by atoms with Crippen LogP contribution in [0.15, 0.2) is 41.3 Å². The van der Waals surface area contributed by atoms with Gasteiger partial charge in [-0.1, -0.05) is 30.7 Å². The first kappa shape index (κ1) is 14.3. The number of allylic oxidation sites excluding steroid dienone is 1. The lowest BCUT2D eigenvalue weighted by atomic mass is 10.00. The van der Waals surface area contributed by atoms with E-state index in [4.69, 9.17) is 0 Å². The van der Waals surface area contributed by atoms with Gasteiger partial charge in [0.25, 0.3) is 0 Å². The summed E-state index contributed by atoms with van der Waals surface area (Å²) < 4.78 is 0. The summed E-state index contributed by atoms with van der Waals surface area (Å²) in [5, 5.41) is 3.57. The molecule has 0 aromatic heterocycles. The Morgan fingerprint density at radius 2 is 2.12 bits per heavy atom. The van der Waals surface area contributed by atoms with Gasteiger partial charge < -0.3 is 5.32 Å². The fourth-order valence-corrected chi connectivity index (χ4v) is 2.62. The molecular formula is C15H23NS. The van der Waals surface area contributed by atoms with Crippen molar-refractivity contribution >= 4 is 11.8 Å². The van der Waals surface area contributed by atoms with E-state index in [2.05, 4.69) is 56.3 Å². The SMILES string of the molecule is C=C(C)CCC(NCC)c1ccccc1SC. The molecule has 1 atom stereocenters. The van der Waals surface area contributed by atoms with E-state index in [9.17, 15) is 0 Å². The predicted octanol–water partition coefficient (Wildman–Crippen LogP) is 4.42. The Hall–Kier alpha value is -0.730. The van der Waals surface area contributed by atoms with Crippen LogP contribution >= 0.6 is 11.8 Å². The maximum Gasteiger partial charge on any atom is 0.0334 e. The van der Waals surface area contributed by atoms with Crippen molar-refractivity contribution in [3.63, 3.8) is 0 Å². The number of rotatable bonds is 7. The minimum atomic E-state index is 0.445. The van der Waals surface area contributed by atoms with Crippen molar-refractivity contribution in [2.24, 2.45) is 0 Å². The summed E-state index contributed by atoms with van der Waals surface area (Å²) in [6.07, 6.45) is 4.35. The van der Waals surface area contributed by atoms with E-state index in [1.165, 1.54) is 16.0 Å². The maximum atomic E-state index is 3.99. The van der Waals surface area contributed by atoms with E-state index in [1.54, 1.807) is 0 Å². The highest BCUT2D eigenvalue weighted by Crippen LogP contribution is 2.29. The first-order valence-corrected chi connectivity index (χ1v) is 7.42. The molecule has 0 aliphatic carbocycles. The van der Waals surface area contributed by atoms with Gasteiger partial charge >= 0.3 is 0 Å². The molecule has 0 bridgehead atoms. The number of nitrogens with one attached hydrogen (secondary N) is 1. The second-order valence-electron chi connectivity index (χ2n) is 4.35. The van der Waals surface area contributed by atoms with E-state index in [-0.39, 0.29) is 0 Å². The average molecular weight is 249 g/mol. The van der Waals surface area contributed by atoms with Crippen LogP contribution in [0.25, 0.3) is 0 Å². The minimum Gasteiger partial charge on any atom is -0.310 e. The Bertz CT molecular complexity index is 360. The van der Waals surface area contributed by atoms with Crippen LogP contribution in [0.1, 0.15) is 38.3 Å². The molecule has 0 aliphatic heterocycles. The second kappa shape index (κ2) is 7.57. The predicted molar refractivity (Wildman–Crippen MR) is 78.7 cm³/mol. The van der Waals surface area contributed by atoms with Gasteiger partial charge in [0.1, 0.15) is 0 Å². The number of hydrogen-bond donors (Lipinski definition) is 1. The van der Waals surface area contributed by atoms with Crippen molar-refractivity contribution in [2.45, 2.75) is 37.6 Å². The summed E-state index contributed by atoms with van der Waals surface area (Å²) in [5.74, 6) is 0. The molecule has 1 aromatic carbocycles. The van der Waals surface area contributed by atoms with Crippen LogP contribution in [0.3, 0.4) is 0 Å². The smallest absolute Gasteiger partial charge is 0.0334 e. The van der Waals surface area contributed by atoms with Crippen molar-refractivity contribution in [2.75, 3.05) is 12.8 Å². The first-order chi connectivity index (χ1) is 8.19. The molecule has 0 saturated carbocycles. The van der Waals surface area contributed by atoms with Gasteiger partial charge in [0, 0.05) is 10.9 Å². The van der Waals surface area contributed by atoms with Crippen molar-refractivity contribution in [1.82, 2.24) is 5.32 Å². The third-order valence-corrected chi connectivity index (χ3v) is 3.64. The molecule has 1 aromatic rings. The molecule has 0 aliphatic rings. The van der Waals surface area contributed by atoms with Gasteiger partial charge in [-0.25, -0.2) is 0 Å². The molecular weight excluding hydrogens is 226 g/mol. The summed E-state index contributed by atoms with van der Waals surface area (Å²) in [5.41, 5.74) is 2.68. The van der Waals surface area contributed by atoms with Gasteiger partial charge in [0.05, 0.1) is 0 Å². The molecule has 0 heterocycles. The fourth-order valence-electron chi connectivity index (χ4n) is 1.96. The molecule has 94 valence electrons. The topological polar surface area (TPSA) is 12.0 Å². The molecule has 0 radical (unpaired) electrons. The molecule has 0 fully saturated rings. The number of thioether (sulfide) groups is 1. The van der Waals surface area contributed by atoms with Gasteiger partial charge in [-0.2, -0.15) is 0 Å². The Morgan fingerprint density at radius 1 is 1.41 bits per heavy atom. The largest absolute Gasteiger partial charge is 0.310 e. The molecule has 0 amide bonds. The van der Waals surface area contributed by atoms with Crippen molar-refractivity contribution in [3.8, 4) is 0 Å². The lowest BCUT2D eigenvalue weighted by Gasteiger charge is -2.20. The van der Waals surface area contributed by atoms with Gasteiger partial charge in [-0.3, -0.25) is 0 Å². The third-order valence-electron chi connectivity index (χ3n) is 2.82. The van der Waals surface area contributed by atoms with Gasteiger partial charge in [0.15, 0.2) is 0 Å². The minimum absolute atomic E-state index is 0.445. The summed E-state index contributed by atoms with van der Waals surface area (Å²) >= 11 is 1.82. The Kier molecular flexibility index (Phi) is 6.38. The van der Waals surface area contributed by atoms with E-state index in [0.29, 0.717) is 6.04 Å². The van der Waals surface area contributed by atoms with Crippen molar-refractivity contribution in [1.29, 1.82) is 0 Å². The highest BCUT2D eigenvalue weighted by molar-refractivity contribution is 7.98. The molecule has 1 unspecified atom stereocenters. The van der Waals surface area contributed by atoms with Crippen molar-refractivity contribution < 1.29 is 0 Å². The van der Waals surface area contributed by atoms with Gasteiger partial charge in [0.2, 0.25) is 0 Å². The zero-order chi connectivity index (χ0) is 12.7. The molecule has 1 nitrogen and oxygen atoms in total. The Balaban J connectivity index is 2.84. The number of hydrogen-bond acceptors (Lipinski definition) is 2. The van der Waals surface area contributed by atoms with Crippen LogP contribution in [0, 0.1) is 0 Å². The van der Waals surface area contributed by atoms with E-state index in [1.807, 2.05) is 11.8 Å². The van der Waals surface area contributed by atoms with Crippen LogP contribution < -0.4 is 5.32 Å². The average Bonchev–Trinajstić information content (AvgIpc) is 2.34. The molecule has 0 saturated heterocycles.